The summed E-state index contributed by atoms with van der Waals surface area (Å²) in [5.74, 6) is 2.20. The first-order valence-electron chi connectivity index (χ1n) is 14.7. The fourth-order valence-corrected chi connectivity index (χ4v) is 7.43. The number of fused-ring (bicyclic) bond motifs is 1. The van der Waals surface area contributed by atoms with Crippen LogP contribution >= 0.6 is 0 Å². The third kappa shape index (κ3) is 4.79. The standard InChI is InChI=1S/C32H42N6O/c1-21-8-7-13-38(18-21)19-23-14-27(35-28-26(23)11-12-31(28,3)4)29(39)34-25-10-6-9-24(15-25)32(16-22(2)17-32)30-36-33-20-37(30)5/h6,9-10,14-15,20-22H,7-8,11-13,16-19H2,1-5H3,(H,34,39)/t21-,22?,32?/m0/s1. The Morgan fingerprint density at radius 2 is 1.97 bits per heavy atom. The Hall–Kier alpha value is -3.06. The molecule has 3 aromatic rings. The van der Waals surface area contributed by atoms with Gasteiger partial charge in [-0.3, -0.25) is 9.69 Å². The van der Waals surface area contributed by atoms with Crippen LogP contribution in [-0.4, -0.2) is 43.6 Å². The molecule has 7 nitrogen and oxygen atoms in total. The Morgan fingerprint density at radius 3 is 2.69 bits per heavy atom. The summed E-state index contributed by atoms with van der Waals surface area (Å²) in [6, 6.07) is 10.3. The van der Waals surface area contributed by atoms with Crippen LogP contribution in [0, 0.1) is 11.8 Å². The van der Waals surface area contributed by atoms with Crippen LogP contribution in [0.1, 0.15) is 98.5 Å². The monoisotopic (exact) mass is 526 g/mol. The number of piperidine rings is 1. The summed E-state index contributed by atoms with van der Waals surface area (Å²) in [5, 5.41) is 11.8. The second kappa shape index (κ2) is 9.84. The lowest BCUT2D eigenvalue weighted by atomic mass is 9.58. The van der Waals surface area contributed by atoms with E-state index in [1.807, 2.05) is 23.7 Å². The molecule has 3 heterocycles. The van der Waals surface area contributed by atoms with E-state index < -0.39 is 0 Å². The molecule has 2 fully saturated rings. The zero-order valence-electron chi connectivity index (χ0n) is 24.1. The summed E-state index contributed by atoms with van der Waals surface area (Å²) >= 11 is 0. The van der Waals surface area contributed by atoms with E-state index in [2.05, 4.69) is 66.3 Å². The Kier molecular flexibility index (Phi) is 6.61. The highest BCUT2D eigenvalue weighted by Crippen LogP contribution is 2.51. The van der Waals surface area contributed by atoms with E-state index in [4.69, 9.17) is 4.98 Å². The van der Waals surface area contributed by atoms with Crippen molar-refractivity contribution in [1.29, 1.82) is 0 Å². The number of carbonyl (C=O) groups excluding carboxylic acids is 1. The predicted octanol–water partition coefficient (Wildman–Crippen LogP) is 5.63. The maximum Gasteiger partial charge on any atom is 0.274 e. The maximum absolute atomic E-state index is 13.7. The number of carbonyl (C=O) groups is 1. The van der Waals surface area contributed by atoms with Gasteiger partial charge in [-0.15, -0.1) is 10.2 Å². The summed E-state index contributed by atoms with van der Waals surface area (Å²) in [7, 11) is 2.01. The minimum absolute atomic E-state index is 0.0150. The van der Waals surface area contributed by atoms with Gasteiger partial charge in [0.1, 0.15) is 17.8 Å². The molecule has 1 saturated heterocycles. The number of aromatic nitrogens is 4. The topological polar surface area (TPSA) is 75.9 Å². The number of rotatable bonds is 6. The predicted molar refractivity (Wildman–Crippen MR) is 154 cm³/mol. The number of likely N-dealkylation sites (tertiary alicyclic amines) is 1. The molecular weight excluding hydrogens is 484 g/mol. The minimum Gasteiger partial charge on any atom is -0.321 e. The van der Waals surface area contributed by atoms with E-state index in [1.54, 1.807) is 6.33 Å². The lowest BCUT2D eigenvalue weighted by Crippen LogP contribution is -2.43. The molecule has 6 rings (SSSR count). The van der Waals surface area contributed by atoms with Crippen LogP contribution < -0.4 is 5.32 Å². The van der Waals surface area contributed by atoms with Crippen molar-refractivity contribution in [3.05, 3.63) is 70.6 Å². The van der Waals surface area contributed by atoms with Crippen LogP contribution in [0.4, 0.5) is 5.69 Å². The summed E-state index contributed by atoms with van der Waals surface area (Å²) in [6.45, 7) is 12.3. The highest BCUT2D eigenvalue weighted by molar-refractivity contribution is 6.03. The zero-order valence-corrected chi connectivity index (χ0v) is 24.1. The largest absolute Gasteiger partial charge is 0.321 e. The molecular formula is C32H42N6O. The van der Waals surface area contributed by atoms with Crippen LogP contribution in [0.25, 0.3) is 0 Å². The number of aryl methyl sites for hydroxylation is 1. The van der Waals surface area contributed by atoms with Gasteiger partial charge in [0.2, 0.25) is 0 Å². The second-order valence-corrected chi connectivity index (χ2v) is 13.3. The number of nitrogens with one attached hydrogen (secondary N) is 1. The van der Waals surface area contributed by atoms with Crippen LogP contribution in [0.15, 0.2) is 36.7 Å². The van der Waals surface area contributed by atoms with Crippen LogP contribution in [0.2, 0.25) is 0 Å². The van der Waals surface area contributed by atoms with Crippen molar-refractivity contribution in [2.75, 3.05) is 18.4 Å². The SMILES string of the molecule is CC1CC(c2cccc(NC(=O)c3cc(CN4CCC[C@H](C)C4)c4c(n3)C(C)(C)CC4)c2)(c2nncn2C)C1. The van der Waals surface area contributed by atoms with Crippen molar-refractivity contribution in [3.8, 4) is 0 Å². The van der Waals surface area contributed by atoms with Crippen LogP contribution in [0.3, 0.4) is 0 Å². The molecule has 0 radical (unpaired) electrons. The lowest BCUT2D eigenvalue weighted by molar-refractivity contribution is 0.102. The molecule has 0 bridgehead atoms. The van der Waals surface area contributed by atoms with E-state index in [9.17, 15) is 4.79 Å². The third-order valence-corrected chi connectivity index (χ3v) is 9.43. The first kappa shape index (κ1) is 26.2. The van der Waals surface area contributed by atoms with Gasteiger partial charge in [0.15, 0.2) is 0 Å². The van der Waals surface area contributed by atoms with E-state index in [0.29, 0.717) is 11.6 Å². The Bertz CT molecular complexity index is 1390. The van der Waals surface area contributed by atoms with Crippen molar-refractivity contribution in [2.45, 2.75) is 83.6 Å². The Labute approximate surface area is 232 Å². The molecule has 1 atom stereocenters. The number of hydrogen-bond donors (Lipinski definition) is 1. The lowest BCUT2D eigenvalue weighted by Gasteiger charge is -2.46. The van der Waals surface area contributed by atoms with Gasteiger partial charge in [-0.1, -0.05) is 39.8 Å². The van der Waals surface area contributed by atoms with Crippen LogP contribution in [0.5, 0.6) is 0 Å². The number of amides is 1. The molecule has 206 valence electrons. The number of hydrogen-bond acceptors (Lipinski definition) is 5. The molecule has 1 aromatic carbocycles. The number of benzene rings is 1. The van der Waals surface area contributed by atoms with Gasteiger partial charge in [0, 0.05) is 31.2 Å². The molecule has 2 aromatic heterocycles. The second-order valence-electron chi connectivity index (χ2n) is 13.3. The minimum atomic E-state index is -0.167. The van der Waals surface area contributed by atoms with Gasteiger partial charge in [-0.25, -0.2) is 4.98 Å². The molecule has 1 saturated carbocycles. The van der Waals surface area contributed by atoms with Crippen molar-refractivity contribution in [3.63, 3.8) is 0 Å². The van der Waals surface area contributed by atoms with Gasteiger partial charge in [0.25, 0.3) is 5.91 Å². The fourth-order valence-electron chi connectivity index (χ4n) is 7.43. The number of pyridine rings is 1. The number of anilines is 1. The van der Waals surface area contributed by atoms with Gasteiger partial charge in [-0.2, -0.15) is 0 Å². The van der Waals surface area contributed by atoms with Crippen LogP contribution in [-0.2, 0) is 30.8 Å². The summed E-state index contributed by atoms with van der Waals surface area (Å²) in [5.41, 5.74) is 6.07. The highest BCUT2D eigenvalue weighted by atomic mass is 16.1. The van der Waals surface area contributed by atoms with E-state index >= 15 is 0 Å². The summed E-state index contributed by atoms with van der Waals surface area (Å²) < 4.78 is 2.03. The molecule has 1 N–H and O–H groups in total. The molecule has 0 spiro atoms. The molecule has 3 aliphatic rings. The Morgan fingerprint density at radius 1 is 1.15 bits per heavy atom. The molecule has 1 amide bonds. The van der Waals surface area contributed by atoms with Crippen molar-refractivity contribution >= 4 is 11.6 Å². The summed E-state index contributed by atoms with van der Waals surface area (Å²) in [6.07, 6.45) is 8.50. The quantitative estimate of drug-likeness (QED) is 0.450. The van der Waals surface area contributed by atoms with Crippen molar-refractivity contribution in [2.24, 2.45) is 18.9 Å². The number of nitrogens with zero attached hydrogens (tertiary/aromatic N) is 5. The molecule has 39 heavy (non-hydrogen) atoms. The first-order chi connectivity index (χ1) is 18.6. The third-order valence-electron chi connectivity index (χ3n) is 9.43. The summed E-state index contributed by atoms with van der Waals surface area (Å²) in [4.78, 5) is 21.2. The first-order valence-corrected chi connectivity index (χ1v) is 14.7. The molecule has 0 unspecified atom stereocenters. The molecule has 7 heteroatoms. The van der Waals surface area contributed by atoms with E-state index in [1.165, 1.54) is 29.5 Å². The average molecular weight is 527 g/mol. The zero-order chi connectivity index (χ0) is 27.4. The smallest absolute Gasteiger partial charge is 0.274 e. The van der Waals surface area contributed by atoms with Crippen molar-refractivity contribution < 1.29 is 4.79 Å². The van der Waals surface area contributed by atoms with Gasteiger partial charge in [-0.05, 0) is 91.8 Å². The maximum atomic E-state index is 13.7. The van der Waals surface area contributed by atoms with E-state index in [-0.39, 0.29) is 16.7 Å². The van der Waals surface area contributed by atoms with Gasteiger partial charge < -0.3 is 9.88 Å². The van der Waals surface area contributed by atoms with Crippen molar-refractivity contribution in [1.82, 2.24) is 24.6 Å². The average Bonchev–Trinajstić information content (AvgIpc) is 3.44. The normalized spacial score (nSPS) is 26.2. The highest BCUT2D eigenvalue weighted by Gasteiger charge is 2.48. The van der Waals surface area contributed by atoms with Gasteiger partial charge in [0.05, 0.1) is 11.1 Å². The Balaban J connectivity index is 1.29. The molecule has 1 aliphatic heterocycles. The van der Waals surface area contributed by atoms with Gasteiger partial charge >= 0.3 is 0 Å². The fraction of sp³-hybridized carbons (Fsp3) is 0.562. The van der Waals surface area contributed by atoms with E-state index in [0.717, 1.165) is 68.4 Å². The molecule has 2 aliphatic carbocycles.